The first-order valence-electron chi connectivity index (χ1n) is 26.8. The fourth-order valence-corrected chi connectivity index (χ4v) is 10.7. The number of carbonyl (C=O) groups is 4. The Hall–Kier alpha value is -7.60. The van der Waals surface area contributed by atoms with Gasteiger partial charge in [0.15, 0.2) is 11.4 Å². The van der Waals surface area contributed by atoms with Gasteiger partial charge >= 0.3 is 43.0 Å². The molecule has 2 saturated heterocycles. The van der Waals surface area contributed by atoms with Gasteiger partial charge in [0.25, 0.3) is 0 Å². The zero-order valence-electron chi connectivity index (χ0n) is 47.0. The molecule has 4 aliphatic rings. The molecule has 2 aromatic heterocycles. The predicted octanol–water partition coefficient (Wildman–Crippen LogP) is 8.63. The number of nitrogens with zero attached hydrogens (tertiary/aromatic N) is 6. The number of carboxylic acids is 1. The summed E-state index contributed by atoms with van der Waals surface area (Å²) in [6.07, 6.45) is 4.38. The zero-order chi connectivity index (χ0) is 56.2. The van der Waals surface area contributed by atoms with Gasteiger partial charge in [-0.1, -0.05) is 0 Å². The molecule has 6 heterocycles. The van der Waals surface area contributed by atoms with Crippen molar-refractivity contribution in [2.75, 3.05) is 57.2 Å². The molecule has 6 aromatic rings. The predicted molar refractivity (Wildman–Crippen MR) is 293 cm³/mol. The van der Waals surface area contributed by atoms with Crippen LogP contribution in [0.15, 0.2) is 97.1 Å². The summed E-state index contributed by atoms with van der Waals surface area (Å²) in [7, 11) is 1.36. The van der Waals surface area contributed by atoms with E-state index in [1.54, 1.807) is 79.8 Å². The number of esters is 1. The number of imidazole rings is 2. The Morgan fingerprint density at radius 2 is 0.877 bits per heavy atom. The van der Waals surface area contributed by atoms with Crippen molar-refractivity contribution in [1.29, 1.82) is 0 Å². The average molecular weight is 1110 g/mol. The van der Waals surface area contributed by atoms with Crippen molar-refractivity contribution >= 4 is 24.1 Å². The minimum atomic E-state index is -1.07. The Morgan fingerprint density at radius 1 is 0.543 bits per heavy atom. The van der Waals surface area contributed by atoms with Crippen LogP contribution in [0, 0.1) is 23.5 Å². The number of benzene rings is 4. The zero-order valence-corrected chi connectivity index (χ0v) is 47.0. The molecule has 2 fully saturated rings. The normalized spacial score (nSPS) is 17.2. The number of likely N-dealkylation sites (tertiary alicyclic amines) is 2. The number of hydrogen-bond acceptors (Lipinski definition) is 14. The summed E-state index contributed by atoms with van der Waals surface area (Å²) < 4.78 is 57.6. The van der Waals surface area contributed by atoms with E-state index in [9.17, 15) is 33.1 Å². The van der Waals surface area contributed by atoms with Crippen LogP contribution in [-0.2, 0) is 14.2 Å². The summed E-state index contributed by atoms with van der Waals surface area (Å²) in [5.74, 6) is 2.19. The van der Waals surface area contributed by atoms with E-state index < -0.39 is 23.1 Å². The molecule has 2 amide bonds. The Labute approximate surface area is 481 Å². The monoisotopic (exact) mass is 1110 g/mol. The number of ether oxygens (including phenoxy) is 5. The van der Waals surface area contributed by atoms with Crippen LogP contribution in [0.2, 0.25) is 0 Å². The van der Waals surface area contributed by atoms with Crippen molar-refractivity contribution in [1.82, 2.24) is 29.1 Å². The van der Waals surface area contributed by atoms with Gasteiger partial charge in [0, 0.05) is 62.2 Å². The van der Waals surface area contributed by atoms with Gasteiger partial charge in [0.2, 0.25) is 0 Å². The van der Waals surface area contributed by atoms with Gasteiger partial charge < -0.3 is 54.9 Å². The number of rotatable bonds is 10. The fraction of sp³-hybridized carbons (Fsp3) is 0.424. The van der Waals surface area contributed by atoms with E-state index in [-0.39, 0.29) is 71.6 Å². The van der Waals surface area contributed by atoms with Crippen LogP contribution in [0.3, 0.4) is 0 Å². The molecule has 19 nitrogen and oxygen atoms in total. The van der Waals surface area contributed by atoms with Gasteiger partial charge in [-0.3, -0.25) is 0 Å². The van der Waals surface area contributed by atoms with Gasteiger partial charge in [-0.25, -0.2) is 47.3 Å². The number of carbonyl (C=O) groups excluding carboxylic acids is 3. The van der Waals surface area contributed by atoms with Crippen LogP contribution in [-0.4, -0.2) is 121 Å². The van der Waals surface area contributed by atoms with E-state index in [0.717, 1.165) is 49.9 Å². The van der Waals surface area contributed by atoms with Gasteiger partial charge in [-0.15, -0.1) is 0 Å². The molecule has 2 atom stereocenters. The molecule has 0 radical (unpaired) electrons. The second-order valence-electron chi connectivity index (χ2n) is 22.2. The van der Waals surface area contributed by atoms with Crippen molar-refractivity contribution in [2.45, 2.75) is 103 Å². The molecule has 4 N–H and O–H groups in total. The maximum absolute atomic E-state index is 13.2. The third-order valence-electron chi connectivity index (χ3n) is 14.4. The third kappa shape index (κ3) is 14.7. The number of amides is 2. The quantitative estimate of drug-likeness (QED) is 0.0662. The van der Waals surface area contributed by atoms with Crippen molar-refractivity contribution in [3.05, 3.63) is 132 Å². The number of aromatic carboxylic acids is 1. The average Bonchev–Trinajstić information content (AvgIpc) is 4.17. The smallest absolute Gasteiger partial charge is 0.870 e. The molecule has 0 bridgehead atoms. The number of carboxylic acid groups (broad SMARTS) is 1. The first-order valence-corrected chi connectivity index (χ1v) is 26.8. The summed E-state index contributed by atoms with van der Waals surface area (Å²) in [4.78, 5) is 63.7. The number of aromatic nitrogens is 4. The first-order chi connectivity index (χ1) is 37.7. The molecule has 0 aliphatic carbocycles. The largest absolute Gasteiger partial charge is 1.00 e. The fourth-order valence-electron chi connectivity index (χ4n) is 10.7. The molecule has 10 rings (SSSR count). The summed E-state index contributed by atoms with van der Waals surface area (Å²) in [5.41, 5.74) is 8.21. The Balaban J connectivity index is 0.000000228. The second kappa shape index (κ2) is 25.9. The van der Waals surface area contributed by atoms with Crippen molar-refractivity contribution in [2.24, 2.45) is 11.8 Å². The van der Waals surface area contributed by atoms with E-state index in [1.807, 2.05) is 53.7 Å². The van der Waals surface area contributed by atoms with Gasteiger partial charge in [-0.2, -0.15) is 0 Å². The van der Waals surface area contributed by atoms with Gasteiger partial charge in [0.1, 0.15) is 68.9 Å². The van der Waals surface area contributed by atoms with Crippen LogP contribution in [0.4, 0.5) is 18.4 Å². The summed E-state index contributed by atoms with van der Waals surface area (Å²) >= 11 is 0. The minimum Gasteiger partial charge on any atom is -0.870 e. The molecular weight excluding hydrogens is 1040 g/mol. The topological polar surface area (TPSA) is 231 Å². The summed E-state index contributed by atoms with van der Waals surface area (Å²) in [6.45, 7) is 14.9. The van der Waals surface area contributed by atoms with E-state index in [1.165, 1.54) is 31.4 Å². The number of hydrogen-bond donors (Lipinski definition) is 3. The molecular formula is C59H69F2LiN8O11. The van der Waals surface area contributed by atoms with Crippen LogP contribution >= 0.6 is 0 Å². The van der Waals surface area contributed by atoms with Crippen molar-refractivity contribution in [3.63, 3.8) is 0 Å². The number of piperidine rings is 2. The molecule has 0 spiro atoms. The van der Waals surface area contributed by atoms with Crippen LogP contribution < -0.4 is 39.2 Å². The molecule has 81 heavy (non-hydrogen) atoms. The van der Waals surface area contributed by atoms with E-state index in [2.05, 4.69) is 10.9 Å². The maximum atomic E-state index is 13.2. The van der Waals surface area contributed by atoms with Crippen molar-refractivity contribution in [3.8, 4) is 45.5 Å². The molecule has 4 aliphatic heterocycles. The van der Waals surface area contributed by atoms with Crippen LogP contribution in [0.25, 0.3) is 22.5 Å². The SMILES string of the molecule is CC(C)(C)OC(=O)N1CCC(C2CCNn3c2nc(-c2ccc(Oc4ccc(F)cc4)cc2)c3C(=O)O)CC1.COC(=O)c1c(-c2ccc(Oc3ccc(F)cc3)cc2)nc2n1NCCC2C1CCN(C(=O)OC(C)(C)C)CC1.[Li+].[OH-]. The summed E-state index contributed by atoms with van der Waals surface area (Å²) in [5, 5.41) is 10.1. The minimum absolute atomic E-state index is 0. The third-order valence-corrected chi connectivity index (χ3v) is 14.4. The number of fused-ring (bicyclic) bond motifs is 2. The second-order valence-corrected chi connectivity index (χ2v) is 22.2. The van der Waals surface area contributed by atoms with Crippen LogP contribution in [0.1, 0.15) is 125 Å². The number of nitrogens with one attached hydrogen (secondary N) is 2. The molecule has 0 saturated carbocycles. The first kappa shape index (κ1) is 61.0. The van der Waals surface area contributed by atoms with Gasteiger partial charge in [-0.05, 0) is 189 Å². The van der Waals surface area contributed by atoms with E-state index in [4.69, 9.17) is 33.7 Å². The number of halogens is 2. The standard InChI is InChI=1S/C30H35FN4O5.C29H33FN4O5.Li.H2O/c1-30(2,3)40-29(37)34-17-14-19(15-18-34)24-13-16-32-35-26(28(36)38-4)25(33-27(24)35)20-5-9-22(10-6-20)39-23-11-7-21(31)8-12-23;1-29(2,3)39-28(37)33-16-13-18(14-17-33)23-12-15-31-34-25(27(35)36)24(32-26(23)34)19-4-8-21(9-5-19)38-22-10-6-20(30)7-11-22;;/h5-12,19,24,32H,13-18H2,1-4H3;4-11,18,23,31H,12-17H2,1-3H3,(H,35,36);;1H2/q;;+1;/p-1. The molecule has 2 unspecified atom stereocenters. The number of methoxy groups -OCH3 is 1. The van der Waals surface area contributed by atoms with Crippen LogP contribution in [0.5, 0.6) is 23.0 Å². The Kier molecular flexibility index (Phi) is 19.5. The molecule has 426 valence electrons. The Morgan fingerprint density at radius 3 is 1.21 bits per heavy atom. The van der Waals surface area contributed by atoms with E-state index in [0.29, 0.717) is 96.7 Å². The van der Waals surface area contributed by atoms with Crippen molar-refractivity contribution < 1.29 is 81.1 Å². The van der Waals surface area contributed by atoms with Gasteiger partial charge in [0.05, 0.1) is 7.11 Å². The molecule has 22 heteroatoms. The van der Waals surface area contributed by atoms with E-state index >= 15 is 0 Å². The Bertz CT molecular complexity index is 3130. The summed E-state index contributed by atoms with van der Waals surface area (Å²) in [6, 6.07) is 25.8. The molecule has 4 aromatic carbocycles. The maximum Gasteiger partial charge on any atom is 1.00 e.